The van der Waals surface area contributed by atoms with Gasteiger partial charge in [0.2, 0.25) is 5.90 Å². The smallest absolute Gasteiger partial charge is 0.363 e. The summed E-state index contributed by atoms with van der Waals surface area (Å²) in [5.41, 5.74) is 1.97. The minimum atomic E-state index is -0.442. The zero-order valence-electron chi connectivity index (χ0n) is 15.9. The molecule has 0 atom stereocenters. The van der Waals surface area contributed by atoms with Crippen molar-refractivity contribution >= 4 is 28.7 Å². The van der Waals surface area contributed by atoms with Gasteiger partial charge >= 0.3 is 5.97 Å². The van der Waals surface area contributed by atoms with Crippen molar-refractivity contribution in [3.8, 4) is 5.75 Å². The van der Waals surface area contributed by atoms with E-state index in [9.17, 15) is 4.79 Å². The average Bonchev–Trinajstić information content (AvgIpc) is 3.07. The van der Waals surface area contributed by atoms with Gasteiger partial charge in [0.15, 0.2) is 5.70 Å². The Bertz CT molecular complexity index is 1070. The molecule has 0 aliphatic carbocycles. The maximum absolute atomic E-state index is 12.3. The number of rotatable bonds is 5. The van der Waals surface area contributed by atoms with Crippen LogP contribution in [0.2, 0.25) is 0 Å². The van der Waals surface area contributed by atoms with Crippen LogP contribution in [0.15, 0.2) is 77.4 Å². The first-order valence-electron chi connectivity index (χ1n) is 9.34. The molecular formula is C24H21NO3. The number of carbonyl (C=O) groups is 1. The summed E-state index contributed by atoms with van der Waals surface area (Å²) in [6, 6.07) is 21.4. The molecule has 1 aliphatic rings. The summed E-state index contributed by atoms with van der Waals surface area (Å²) >= 11 is 0. The zero-order chi connectivity index (χ0) is 19.5. The van der Waals surface area contributed by atoms with Crippen LogP contribution < -0.4 is 4.74 Å². The highest BCUT2D eigenvalue weighted by Gasteiger charge is 2.25. The number of hydrogen-bond acceptors (Lipinski definition) is 4. The van der Waals surface area contributed by atoms with Crippen molar-refractivity contribution in [3.05, 3.63) is 83.6 Å². The lowest BCUT2D eigenvalue weighted by Crippen LogP contribution is -2.05. The van der Waals surface area contributed by atoms with Crippen molar-refractivity contribution in [3.63, 3.8) is 0 Å². The van der Waals surface area contributed by atoms with Gasteiger partial charge in [0.25, 0.3) is 0 Å². The van der Waals surface area contributed by atoms with Crippen LogP contribution in [0, 0.1) is 5.92 Å². The Hall–Kier alpha value is -3.40. The number of ether oxygens (including phenoxy) is 2. The maximum Gasteiger partial charge on any atom is 0.363 e. The van der Waals surface area contributed by atoms with Gasteiger partial charge in [0, 0.05) is 5.56 Å². The molecule has 0 N–H and O–H groups in total. The number of cyclic esters (lactones) is 1. The van der Waals surface area contributed by atoms with Gasteiger partial charge in [-0.3, -0.25) is 0 Å². The number of aliphatic imine (C=N–C) groups is 1. The van der Waals surface area contributed by atoms with Crippen LogP contribution >= 0.6 is 0 Å². The largest absolute Gasteiger partial charge is 0.493 e. The second-order valence-corrected chi connectivity index (χ2v) is 7.14. The SMILES string of the molecule is CC(C)COc1ccc(C=C2N=C(c3cccc4ccccc34)OC2=O)cc1. The van der Waals surface area contributed by atoms with Gasteiger partial charge in [-0.25, -0.2) is 9.79 Å². The molecule has 1 aliphatic heterocycles. The first kappa shape index (κ1) is 18.0. The molecule has 4 nitrogen and oxygen atoms in total. The molecule has 0 bridgehead atoms. The fraction of sp³-hybridized carbons (Fsp3) is 0.167. The van der Waals surface area contributed by atoms with Gasteiger partial charge in [0.05, 0.1) is 6.61 Å². The van der Waals surface area contributed by atoms with Crippen LogP contribution in [0.4, 0.5) is 0 Å². The Morgan fingerprint density at radius 3 is 2.54 bits per heavy atom. The molecule has 4 rings (SSSR count). The average molecular weight is 371 g/mol. The summed E-state index contributed by atoms with van der Waals surface area (Å²) in [4.78, 5) is 16.8. The number of nitrogens with zero attached hydrogens (tertiary/aromatic N) is 1. The molecule has 3 aromatic rings. The first-order valence-corrected chi connectivity index (χ1v) is 9.34. The molecule has 28 heavy (non-hydrogen) atoms. The van der Waals surface area contributed by atoms with Crippen LogP contribution in [0.1, 0.15) is 25.0 Å². The molecule has 0 unspecified atom stereocenters. The lowest BCUT2D eigenvalue weighted by atomic mass is 10.0. The summed E-state index contributed by atoms with van der Waals surface area (Å²) in [5, 5.41) is 2.08. The highest BCUT2D eigenvalue weighted by Crippen LogP contribution is 2.25. The Labute approximate surface area is 164 Å². The molecular weight excluding hydrogens is 350 g/mol. The summed E-state index contributed by atoms with van der Waals surface area (Å²) in [6.45, 7) is 4.89. The fourth-order valence-electron chi connectivity index (χ4n) is 3.02. The molecule has 4 heteroatoms. The maximum atomic E-state index is 12.3. The number of benzene rings is 3. The predicted octanol–water partition coefficient (Wildman–Crippen LogP) is 5.22. The van der Waals surface area contributed by atoms with Gasteiger partial charge in [-0.15, -0.1) is 0 Å². The van der Waals surface area contributed by atoms with Crippen molar-refractivity contribution in [2.45, 2.75) is 13.8 Å². The quantitative estimate of drug-likeness (QED) is 0.456. The van der Waals surface area contributed by atoms with Crippen LogP contribution in [-0.2, 0) is 9.53 Å². The van der Waals surface area contributed by atoms with Crippen LogP contribution in [0.3, 0.4) is 0 Å². The standard InChI is InChI=1S/C24H21NO3/c1-16(2)15-27-19-12-10-17(11-13-19)14-22-24(26)28-23(25-22)21-9-5-7-18-6-3-4-8-20(18)21/h3-14,16H,15H2,1-2H3. The molecule has 140 valence electrons. The topological polar surface area (TPSA) is 47.9 Å². The second-order valence-electron chi connectivity index (χ2n) is 7.14. The van der Waals surface area contributed by atoms with Gasteiger partial charge in [-0.2, -0.15) is 0 Å². The molecule has 1 heterocycles. The summed E-state index contributed by atoms with van der Waals surface area (Å²) in [6.07, 6.45) is 1.73. The van der Waals surface area contributed by atoms with E-state index in [-0.39, 0.29) is 0 Å². The van der Waals surface area contributed by atoms with Crippen LogP contribution in [0.5, 0.6) is 5.75 Å². The Kier molecular flexibility index (Phi) is 4.94. The Morgan fingerprint density at radius 2 is 1.75 bits per heavy atom. The van der Waals surface area contributed by atoms with Crippen molar-refractivity contribution in [2.75, 3.05) is 6.61 Å². The lowest BCUT2D eigenvalue weighted by Gasteiger charge is -2.08. The lowest BCUT2D eigenvalue weighted by molar-refractivity contribution is -0.129. The van der Waals surface area contributed by atoms with Gasteiger partial charge < -0.3 is 9.47 Å². The fourth-order valence-corrected chi connectivity index (χ4v) is 3.02. The van der Waals surface area contributed by atoms with Gasteiger partial charge in [-0.05, 0) is 46.5 Å². The molecule has 0 fully saturated rings. The van der Waals surface area contributed by atoms with E-state index < -0.39 is 5.97 Å². The Morgan fingerprint density at radius 1 is 1.00 bits per heavy atom. The van der Waals surface area contributed by atoms with E-state index >= 15 is 0 Å². The minimum absolute atomic E-state index is 0.291. The van der Waals surface area contributed by atoms with Crippen molar-refractivity contribution in [2.24, 2.45) is 10.9 Å². The monoisotopic (exact) mass is 371 g/mol. The molecule has 0 saturated carbocycles. The third kappa shape index (κ3) is 3.81. The number of fused-ring (bicyclic) bond motifs is 1. The first-order chi connectivity index (χ1) is 13.6. The molecule has 0 radical (unpaired) electrons. The predicted molar refractivity (Wildman–Crippen MR) is 111 cm³/mol. The van der Waals surface area contributed by atoms with E-state index in [1.807, 2.05) is 66.7 Å². The van der Waals surface area contributed by atoms with E-state index in [2.05, 4.69) is 18.8 Å². The summed E-state index contributed by atoms with van der Waals surface area (Å²) < 4.78 is 11.1. The molecule has 3 aromatic carbocycles. The number of esters is 1. The molecule has 0 spiro atoms. The van der Waals surface area contributed by atoms with E-state index in [4.69, 9.17) is 9.47 Å². The van der Waals surface area contributed by atoms with E-state index in [1.165, 1.54) is 0 Å². The molecule has 0 amide bonds. The summed E-state index contributed by atoms with van der Waals surface area (Å²) in [5.74, 6) is 1.18. The van der Waals surface area contributed by atoms with Crippen molar-refractivity contribution in [1.29, 1.82) is 0 Å². The second kappa shape index (κ2) is 7.69. The van der Waals surface area contributed by atoms with Gasteiger partial charge in [0.1, 0.15) is 5.75 Å². The number of hydrogen-bond donors (Lipinski definition) is 0. The van der Waals surface area contributed by atoms with Crippen LogP contribution in [-0.4, -0.2) is 18.5 Å². The Balaban J connectivity index is 1.60. The minimum Gasteiger partial charge on any atom is -0.493 e. The highest BCUT2D eigenvalue weighted by molar-refractivity contribution is 6.17. The summed E-state index contributed by atoms with van der Waals surface area (Å²) in [7, 11) is 0. The van der Waals surface area contributed by atoms with Gasteiger partial charge in [-0.1, -0.05) is 62.4 Å². The third-order valence-electron chi connectivity index (χ3n) is 4.41. The highest BCUT2D eigenvalue weighted by atomic mass is 16.6. The van der Waals surface area contributed by atoms with E-state index in [1.54, 1.807) is 6.08 Å². The van der Waals surface area contributed by atoms with Crippen LogP contribution in [0.25, 0.3) is 16.8 Å². The molecule has 0 saturated heterocycles. The zero-order valence-corrected chi connectivity index (χ0v) is 15.9. The van der Waals surface area contributed by atoms with Crippen molar-refractivity contribution < 1.29 is 14.3 Å². The van der Waals surface area contributed by atoms with E-state index in [0.717, 1.165) is 27.6 Å². The third-order valence-corrected chi connectivity index (χ3v) is 4.41. The van der Waals surface area contributed by atoms with E-state index in [0.29, 0.717) is 24.1 Å². The molecule has 0 aromatic heterocycles. The van der Waals surface area contributed by atoms with Crippen molar-refractivity contribution in [1.82, 2.24) is 0 Å². The number of carbonyl (C=O) groups excluding carboxylic acids is 1. The normalized spacial score (nSPS) is 15.2.